The van der Waals surface area contributed by atoms with E-state index in [9.17, 15) is 5.11 Å². The Morgan fingerprint density at radius 2 is 2.14 bits per heavy atom. The van der Waals surface area contributed by atoms with Crippen LogP contribution in [0.1, 0.15) is 35.3 Å². The second kappa shape index (κ2) is 5.52. The maximum absolute atomic E-state index is 10.6. The summed E-state index contributed by atoms with van der Waals surface area (Å²) in [4.78, 5) is 6.85. The first-order chi connectivity index (χ1) is 10.8. The van der Waals surface area contributed by atoms with Crippen molar-refractivity contribution in [2.75, 3.05) is 18.0 Å². The molecule has 0 atom stereocenters. The highest BCUT2D eigenvalue weighted by Gasteiger charge is 2.27. The number of benzene rings is 1. The number of aromatic hydroxyl groups is 1. The van der Waals surface area contributed by atoms with Gasteiger partial charge in [0.05, 0.1) is 12.8 Å². The summed E-state index contributed by atoms with van der Waals surface area (Å²) in [5, 5.41) is 10.6. The van der Waals surface area contributed by atoms with Crippen LogP contribution in [0.3, 0.4) is 0 Å². The van der Waals surface area contributed by atoms with Crippen LogP contribution in [-0.2, 0) is 19.4 Å². The van der Waals surface area contributed by atoms with Crippen LogP contribution in [0.25, 0.3) is 0 Å². The Balaban J connectivity index is 1.67. The van der Waals surface area contributed by atoms with E-state index in [2.05, 4.69) is 16.0 Å². The molecule has 0 bridgehead atoms. The van der Waals surface area contributed by atoms with E-state index in [1.807, 2.05) is 12.1 Å². The molecule has 0 saturated carbocycles. The van der Waals surface area contributed by atoms with Gasteiger partial charge in [-0.3, -0.25) is 4.99 Å². The first kappa shape index (κ1) is 13.4. The van der Waals surface area contributed by atoms with Crippen LogP contribution in [0.15, 0.2) is 33.9 Å². The molecule has 4 rings (SSSR count). The van der Waals surface area contributed by atoms with E-state index < -0.39 is 0 Å². The van der Waals surface area contributed by atoms with Crippen molar-refractivity contribution in [2.24, 2.45) is 4.99 Å². The second-order valence-electron chi connectivity index (χ2n) is 6.04. The Morgan fingerprint density at radius 3 is 2.95 bits per heavy atom. The summed E-state index contributed by atoms with van der Waals surface area (Å²) in [5.41, 5.74) is 4.60. The van der Waals surface area contributed by atoms with Gasteiger partial charge >= 0.3 is 0 Å². The van der Waals surface area contributed by atoms with Crippen LogP contribution in [0.5, 0.6) is 5.75 Å². The van der Waals surface area contributed by atoms with E-state index in [4.69, 9.17) is 4.42 Å². The Morgan fingerprint density at radius 1 is 1.27 bits per heavy atom. The smallest absolute Gasteiger partial charge is 0.129 e. The first-order valence-electron chi connectivity index (χ1n) is 7.98. The van der Waals surface area contributed by atoms with E-state index >= 15 is 0 Å². The predicted molar refractivity (Wildman–Crippen MR) is 87.0 cm³/mol. The number of nitrogens with zero attached hydrogens (tertiary/aromatic N) is 2. The van der Waals surface area contributed by atoms with Crippen molar-refractivity contribution in [3.63, 3.8) is 0 Å². The Hall–Kier alpha value is -2.23. The molecule has 0 fully saturated rings. The minimum Gasteiger partial charge on any atom is -0.507 e. The third-order valence-electron chi connectivity index (χ3n) is 4.58. The van der Waals surface area contributed by atoms with E-state index in [-0.39, 0.29) is 0 Å². The predicted octanol–water partition coefficient (Wildman–Crippen LogP) is 3.30. The number of furan rings is 1. The maximum Gasteiger partial charge on any atom is 0.129 e. The van der Waals surface area contributed by atoms with Crippen molar-refractivity contribution in [1.29, 1.82) is 0 Å². The molecule has 22 heavy (non-hydrogen) atoms. The lowest BCUT2D eigenvalue weighted by atomic mass is 9.89. The topological polar surface area (TPSA) is 49.0 Å². The largest absolute Gasteiger partial charge is 0.507 e. The Kier molecular flexibility index (Phi) is 3.37. The fraction of sp³-hybridized carbons (Fsp3) is 0.389. The summed E-state index contributed by atoms with van der Waals surface area (Å²) >= 11 is 0. The van der Waals surface area contributed by atoms with Crippen molar-refractivity contribution in [1.82, 2.24) is 0 Å². The van der Waals surface area contributed by atoms with E-state index in [1.54, 1.807) is 12.5 Å². The average Bonchev–Trinajstić information content (AvgIpc) is 3.05. The maximum atomic E-state index is 10.6. The van der Waals surface area contributed by atoms with Gasteiger partial charge in [-0.1, -0.05) is 0 Å². The van der Waals surface area contributed by atoms with Gasteiger partial charge < -0.3 is 14.4 Å². The van der Waals surface area contributed by atoms with E-state index in [1.165, 1.54) is 17.7 Å². The lowest BCUT2D eigenvalue weighted by molar-refractivity contribution is 0.461. The Labute approximate surface area is 130 Å². The van der Waals surface area contributed by atoms with Crippen molar-refractivity contribution < 1.29 is 9.52 Å². The molecule has 0 aliphatic carbocycles. The second-order valence-corrected chi connectivity index (χ2v) is 6.04. The summed E-state index contributed by atoms with van der Waals surface area (Å²) in [6, 6.07) is 5.88. The molecule has 2 aliphatic rings. The zero-order chi connectivity index (χ0) is 14.9. The number of phenols is 1. The summed E-state index contributed by atoms with van der Waals surface area (Å²) in [5.74, 6) is 1.25. The van der Waals surface area contributed by atoms with Gasteiger partial charge in [-0.15, -0.1) is 0 Å². The van der Waals surface area contributed by atoms with Gasteiger partial charge in [-0.25, -0.2) is 0 Å². The van der Waals surface area contributed by atoms with Crippen molar-refractivity contribution >= 4 is 11.9 Å². The summed E-state index contributed by atoms with van der Waals surface area (Å²) in [6.45, 7) is 2.74. The third-order valence-corrected chi connectivity index (χ3v) is 4.58. The van der Waals surface area contributed by atoms with Crippen LogP contribution in [0.2, 0.25) is 0 Å². The van der Waals surface area contributed by atoms with Crippen molar-refractivity contribution in [3.8, 4) is 5.75 Å². The number of phenolic OH excluding ortho intramolecular Hbond substituents is 1. The van der Waals surface area contributed by atoms with Crippen LogP contribution < -0.4 is 4.90 Å². The van der Waals surface area contributed by atoms with Gasteiger partial charge in [-0.05, 0) is 49.4 Å². The Bertz CT molecular complexity index is 702. The number of aryl methyl sites for hydroxylation is 1. The molecule has 2 aliphatic heterocycles. The highest BCUT2D eigenvalue weighted by atomic mass is 16.3. The van der Waals surface area contributed by atoms with Crippen LogP contribution in [0, 0.1) is 0 Å². The molecule has 114 valence electrons. The SMILES string of the molecule is Oc1c(C=NCc2ccco2)cc2c3c1CCCN3CCC2. The minimum atomic E-state index is 0.411. The molecule has 1 N–H and O–H groups in total. The van der Waals surface area contributed by atoms with Gasteiger partial charge in [0, 0.05) is 36.1 Å². The molecule has 1 aromatic heterocycles. The monoisotopic (exact) mass is 296 g/mol. The number of hydrogen-bond acceptors (Lipinski definition) is 4. The molecular formula is C18H20N2O2. The molecule has 0 unspecified atom stereocenters. The zero-order valence-corrected chi connectivity index (χ0v) is 12.6. The molecule has 0 amide bonds. The fourth-order valence-electron chi connectivity index (χ4n) is 3.60. The average molecular weight is 296 g/mol. The highest BCUT2D eigenvalue weighted by Crippen LogP contribution is 2.41. The van der Waals surface area contributed by atoms with Gasteiger partial charge in [-0.2, -0.15) is 0 Å². The molecule has 3 heterocycles. The molecule has 4 heteroatoms. The van der Waals surface area contributed by atoms with Gasteiger partial charge in [0.25, 0.3) is 0 Å². The molecule has 2 aromatic rings. The number of aliphatic imine (C=N–C) groups is 1. The molecule has 0 saturated heterocycles. The van der Waals surface area contributed by atoms with Gasteiger partial charge in [0.2, 0.25) is 0 Å². The van der Waals surface area contributed by atoms with Gasteiger partial charge in [0.15, 0.2) is 0 Å². The molecule has 0 spiro atoms. The number of rotatable bonds is 3. The quantitative estimate of drug-likeness (QED) is 0.884. The van der Waals surface area contributed by atoms with Crippen LogP contribution >= 0.6 is 0 Å². The zero-order valence-electron chi connectivity index (χ0n) is 12.6. The van der Waals surface area contributed by atoms with Gasteiger partial charge in [0.1, 0.15) is 11.5 Å². The van der Waals surface area contributed by atoms with E-state index in [0.717, 1.165) is 49.2 Å². The standard InChI is InChI=1S/C18H20N2O2/c21-18-14(11-19-12-15-5-3-9-22-15)10-13-4-1-7-20-8-2-6-16(18)17(13)20/h3,5,9-11,21H,1-2,4,6-8,12H2. The third kappa shape index (κ3) is 2.28. The van der Waals surface area contributed by atoms with Crippen LogP contribution in [0.4, 0.5) is 5.69 Å². The molecule has 0 radical (unpaired) electrons. The summed E-state index contributed by atoms with van der Waals surface area (Å²) < 4.78 is 5.28. The molecule has 1 aromatic carbocycles. The summed E-state index contributed by atoms with van der Waals surface area (Å²) in [6.07, 6.45) is 7.80. The lowest BCUT2D eigenvalue weighted by Crippen LogP contribution is -2.34. The first-order valence-corrected chi connectivity index (χ1v) is 7.98. The normalized spacial score (nSPS) is 17.0. The number of anilines is 1. The number of hydrogen-bond donors (Lipinski definition) is 1. The molecular weight excluding hydrogens is 276 g/mol. The lowest BCUT2D eigenvalue weighted by Gasteiger charge is -2.37. The van der Waals surface area contributed by atoms with Crippen molar-refractivity contribution in [3.05, 3.63) is 46.9 Å². The van der Waals surface area contributed by atoms with Crippen LogP contribution in [-0.4, -0.2) is 24.4 Å². The summed E-state index contributed by atoms with van der Waals surface area (Å²) in [7, 11) is 0. The molecule has 4 nitrogen and oxygen atoms in total. The highest BCUT2D eigenvalue weighted by molar-refractivity contribution is 5.87. The minimum absolute atomic E-state index is 0.411. The fourth-order valence-corrected chi connectivity index (χ4v) is 3.60. The van der Waals surface area contributed by atoms with E-state index in [0.29, 0.717) is 12.3 Å². The van der Waals surface area contributed by atoms with Crippen molar-refractivity contribution in [2.45, 2.75) is 32.2 Å².